The lowest BCUT2D eigenvalue weighted by molar-refractivity contribution is -0.137. The van der Waals surface area contributed by atoms with Gasteiger partial charge in [-0.15, -0.1) is 0 Å². The predicted octanol–water partition coefficient (Wildman–Crippen LogP) is 2.47. The first-order chi connectivity index (χ1) is 17.9. The van der Waals surface area contributed by atoms with E-state index >= 15 is 0 Å². The van der Waals surface area contributed by atoms with Crippen LogP contribution in [0.15, 0.2) is 42.5 Å². The number of nitrogens with one attached hydrogen (secondary N) is 3. The molecule has 1 saturated heterocycles. The maximum absolute atomic E-state index is 13.5. The molecule has 2 aliphatic rings. The molecule has 1 unspecified atom stereocenters. The molecule has 0 aromatic heterocycles. The molecule has 1 fully saturated rings. The smallest absolute Gasteiger partial charge is 0.408 e. The van der Waals surface area contributed by atoms with E-state index in [-0.39, 0.29) is 37.7 Å². The van der Waals surface area contributed by atoms with Crippen LogP contribution in [0.1, 0.15) is 66.7 Å². The Morgan fingerprint density at radius 3 is 2.50 bits per heavy atom. The molecule has 0 spiro atoms. The number of alkyl carbamates (subject to hydrolysis) is 1. The Morgan fingerprint density at radius 2 is 1.84 bits per heavy atom. The van der Waals surface area contributed by atoms with Gasteiger partial charge in [-0.1, -0.05) is 24.3 Å². The zero-order chi connectivity index (χ0) is 27.6. The third-order valence-electron chi connectivity index (χ3n) is 6.18. The van der Waals surface area contributed by atoms with E-state index < -0.39 is 41.4 Å². The summed E-state index contributed by atoms with van der Waals surface area (Å²) in [5.74, 6) is -2.15. The minimum absolute atomic E-state index is 0.0897. The lowest BCUT2D eigenvalue weighted by Crippen LogP contribution is -2.52. The van der Waals surface area contributed by atoms with Crippen molar-refractivity contribution in [2.24, 2.45) is 0 Å². The molecule has 2 aromatic rings. The summed E-state index contributed by atoms with van der Waals surface area (Å²) in [6.07, 6.45) is -0.366. The number of piperidine rings is 1. The average molecular weight is 525 g/mol. The SMILES string of the molecule is CC(C)(C)OC(=O)N[C@H](C(=O)NCc1ccc2c(c1)CN(C1CCC(=O)NC1=O)C2=O)c1ccc(F)cc1. The summed E-state index contributed by atoms with van der Waals surface area (Å²) in [5, 5.41) is 7.57. The number of nitrogens with zero attached hydrogens (tertiary/aromatic N) is 1. The highest BCUT2D eigenvalue weighted by Gasteiger charge is 2.39. The number of halogens is 1. The summed E-state index contributed by atoms with van der Waals surface area (Å²) in [6.45, 7) is 5.38. The molecule has 3 N–H and O–H groups in total. The number of carbonyl (C=O) groups is 5. The molecule has 0 bridgehead atoms. The van der Waals surface area contributed by atoms with Gasteiger partial charge in [0.2, 0.25) is 17.7 Å². The summed E-state index contributed by atoms with van der Waals surface area (Å²) < 4.78 is 18.7. The van der Waals surface area contributed by atoms with Crippen LogP contribution in [0.25, 0.3) is 0 Å². The van der Waals surface area contributed by atoms with Crippen LogP contribution in [0.3, 0.4) is 0 Å². The molecule has 4 rings (SSSR count). The second kappa shape index (κ2) is 10.6. The summed E-state index contributed by atoms with van der Waals surface area (Å²) in [5.41, 5.74) is 1.45. The molecule has 2 atom stereocenters. The fourth-order valence-corrected chi connectivity index (χ4v) is 4.41. The largest absolute Gasteiger partial charge is 0.444 e. The maximum atomic E-state index is 13.5. The Labute approximate surface area is 218 Å². The first-order valence-corrected chi connectivity index (χ1v) is 12.2. The van der Waals surface area contributed by atoms with Crippen molar-refractivity contribution >= 4 is 29.7 Å². The summed E-state index contributed by atoms with van der Waals surface area (Å²) in [7, 11) is 0. The average Bonchev–Trinajstić information content (AvgIpc) is 3.16. The van der Waals surface area contributed by atoms with Crippen LogP contribution < -0.4 is 16.0 Å². The zero-order valence-corrected chi connectivity index (χ0v) is 21.3. The number of carbonyl (C=O) groups excluding carboxylic acids is 5. The van der Waals surface area contributed by atoms with E-state index in [0.29, 0.717) is 22.3 Å². The predicted molar refractivity (Wildman–Crippen MR) is 133 cm³/mol. The van der Waals surface area contributed by atoms with Crippen LogP contribution in [0, 0.1) is 5.82 Å². The number of hydrogen-bond acceptors (Lipinski definition) is 6. The van der Waals surface area contributed by atoms with Crippen LogP contribution in [-0.4, -0.2) is 46.3 Å². The van der Waals surface area contributed by atoms with Gasteiger partial charge in [0.15, 0.2) is 0 Å². The Morgan fingerprint density at radius 1 is 1.13 bits per heavy atom. The molecule has 2 aromatic carbocycles. The van der Waals surface area contributed by atoms with Crippen molar-refractivity contribution in [3.05, 3.63) is 70.5 Å². The van der Waals surface area contributed by atoms with E-state index in [2.05, 4.69) is 16.0 Å². The minimum atomic E-state index is -1.13. The van der Waals surface area contributed by atoms with Crippen molar-refractivity contribution in [3.63, 3.8) is 0 Å². The van der Waals surface area contributed by atoms with Crippen molar-refractivity contribution in [1.82, 2.24) is 20.9 Å². The van der Waals surface area contributed by atoms with E-state index in [9.17, 15) is 28.4 Å². The van der Waals surface area contributed by atoms with Crippen molar-refractivity contribution < 1.29 is 33.1 Å². The van der Waals surface area contributed by atoms with Crippen LogP contribution >= 0.6 is 0 Å². The Balaban J connectivity index is 1.44. The van der Waals surface area contributed by atoms with Gasteiger partial charge < -0.3 is 20.3 Å². The van der Waals surface area contributed by atoms with E-state index in [1.807, 2.05) is 0 Å². The van der Waals surface area contributed by atoms with Crippen LogP contribution in [0.5, 0.6) is 0 Å². The van der Waals surface area contributed by atoms with Gasteiger partial charge in [-0.25, -0.2) is 9.18 Å². The zero-order valence-electron chi connectivity index (χ0n) is 21.3. The molecular formula is C27H29FN4O6. The topological polar surface area (TPSA) is 134 Å². The number of imide groups is 1. The highest BCUT2D eigenvalue weighted by atomic mass is 19.1. The number of rotatable bonds is 6. The number of fused-ring (bicyclic) bond motifs is 1. The highest BCUT2D eigenvalue weighted by molar-refractivity contribution is 6.05. The Bertz CT molecular complexity index is 1290. The standard InChI is InChI=1S/C27H29FN4O6/c1-27(2,3)38-26(37)31-22(16-5-7-18(28)8-6-16)24(35)29-13-15-4-9-19-17(12-15)14-32(25(19)36)20-10-11-21(33)30-23(20)34/h4-9,12,20,22H,10-11,13-14H2,1-3H3,(H,29,35)(H,31,37)(H,30,33,34)/t20?,22-/m0/s1. The van der Waals surface area contributed by atoms with Gasteiger partial charge in [-0.3, -0.25) is 24.5 Å². The lowest BCUT2D eigenvalue weighted by atomic mass is 10.0. The molecule has 2 heterocycles. The van der Waals surface area contributed by atoms with Crippen LogP contribution in [0.4, 0.5) is 9.18 Å². The van der Waals surface area contributed by atoms with Gasteiger partial charge in [0.05, 0.1) is 0 Å². The quantitative estimate of drug-likeness (QED) is 0.497. The second-order valence-corrected chi connectivity index (χ2v) is 10.2. The van der Waals surface area contributed by atoms with Gasteiger partial charge in [0, 0.05) is 25.1 Å². The monoisotopic (exact) mass is 524 g/mol. The van der Waals surface area contributed by atoms with E-state index in [0.717, 1.165) is 0 Å². The minimum Gasteiger partial charge on any atom is -0.444 e. The summed E-state index contributed by atoms with van der Waals surface area (Å²) in [4.78, 5) is 63.5. The second-order valence-electron chi connectivity index (χ2n) is 10.2. The number of amides is 5. The molecule has 0 saturated carbocycles. The summed E-state index contributed by atoms with van der Waals surface area (Å²) >= 11 is 0. The van der Waals surface area contributed by atoms with E-state index in [1.54, 1.807) is 39.0 Å². The molecule has 0 radical (unpaired) electrons. The number of ether oxygens (including phenoxy) is 1. The first-order valence-electron chi connectivity index (χ1n) is 12.2. The molecule has 10 nitrogen and oxygen atoms in total. The fraction of sp³-hybridized carbons (Fsp3) is 0.370. The number of benzene rings is 2. The normalized spacial score (nSPS) is 17.9. The molecular weight excluding hydrogens is 495 g/mol. The number of hydrogen-bond donors (Lipinski definition) is 3. The van der Waals surface area contributed by atoms with Crippen LogP contribution in [0.2, 0.25) is 0 Å². The Kier molecular flexibility index (Phi) is 7.47. The molecule has 5 amide bonds. The lowest BCUT2D eigenvalue weighted by Gasteiger charge is -2.29. The molecule has 2 aliphatic heterocycles. The van der Waals surface area contributed by atoms with E-state index in [4.69, 9.17) is 4.74 Å². The van der Waals surface area contributed by atoms with Crippen molar-refractivity contribution in [1.29, 1.82) is 0 Å². The third kappa shape index (κ3) is 6.16. The van der Waals surface area contributed by atoms with Gasteiger partial charge in [-0.05, 0) is 62.1 Å². The fourth-order valence-electron chi connectivity index (χ4n) is 4.41. The Hall–Kier alpha value is -4.28. The molecule has 0 aliphatic carbocycles. The molecule has 200 valence electrons. The van der Waals surface area contributed by atoms with Crippen LogP contribution in [-0.2, 0) is 32.2 Å². The van der Waals surface area contributed by atoms with Gasteiger partial charge in [-0.2, -0.15) is 0 Å². The van der Waals surface area contributed by atoms with Crippen molar-refractivity contribution in [3.8, 4) is 0 Å². The first kappa shape index (κ1) is 26.8. The van der Waals surface area contributed by atoms with Gasteiger partial charge in [0.1, 0.15) is 23.5 Å². The molecule has 38 heavy (non-hydrogen) atoms. The third-order valence-corrected chi connectivity index (χ3v) is 6.18. The van der Waals surface area contributed by atoms with Crippen molar-refractivity contribution in [2.75, 3.05) is 0 Å². The molecule has 11 heteroatoms. The summed E-state index contributed by atoms with van der Waals surface area (Å²) in [6, 6.07) is 8.45. The highest BCUT2D eigenvalue weighted by Crippen LogP contribution is 2.28. The van der Waals surface area contributed by atoms with E-state index in [1.165, 1.54) is 29.2 Å². The van der Waals surface area contributed by atoms with Gasteiger partial charge in [0.25, 0.3) is 5.91 Å². The van der Waals surface area contributed by atoms with Crippen molar-refractivity contribution in [2.45, 2.75) is 64.4 Å². The van der Waals surface area contributed by atoms with Gasteiger partial charge >= 0.3 is 6.09 Å². The maximum Gasteiger partial charge on any atom is 0.408 e.